The predicted molar refractivity (Wildman–Crippen MR) is 51.4 cm³/mol. The lowest BCUT2D eigenvalue weighted by Crippen LogP contribution is -2.41. The van der Waals surface area contributed by atoms with Crippen molar-refractivity contribution in [2.75, 3.05) is 0 Å². The highest BCUT2D eigenvalue weighted by Gasteiger charge is 2.38. The molecule has 0 fully saturated rings. The molecule has 0 saturated heterocycles. The highest BCUT2D eigenvalue weighted by molar-refractivity contribution is 6.93. The molecule has 0 bridgehead atoms. The maximum Gasteiger partial charge on any atom is 0.241 e. The van der Waals surface area contributed by atoms with Crippen LogP contribution >= 0.6 is 0 Å². The maximum absolute atomic E-state index is 13.5. The van der Waals surface area contributed by atoms with Gasteiger partial charge in [-0.1, -0.05) is 26.6 Å². The normalized spacial score (nSPS) is 17.1. The maximum atomic E-state index is 13.5. The Morgan fingerprint density at radius 2 is 1.30 bits per heavy atom. The van der Waals surface area contributed by atoms with Crippen molar-refractivity contribution >= 4 is 16.5 Å². The Morgan fingerprint density at radius 3 is 1.30 bits per heavy atom. The van der Waals surface area contributed by atoms with E-state index in [4.69, 9.17) is 0 Å². The first-order chi connectivity index (χ1) is 4.15. The molecule has 0 nitrogen and oxygen atoms in total. The van der Waals surface area contributed by atoms with Crippen molar-refractivity contribution in [3.63, 3.8) is 0 Å². The minimum atomic E-state index is -2.33. The van der Waals surface area contributed by atoms with Crippen LogP contribution in [0.2, 0.25) is 37.9 Å². The zero-order valence-corrected chi connectivity index (χ0v) is 9.96. The molecular formula is C7H19FSi2. The summed E-state index contributed by atoms with van der Waals surface area (Å²) in [6.45, 7) is 12.4. The van der Waals surface area contributed by atoms with Gasteiger partial charge in [-0.2, -0.15) is 0 Å². The topological polar surface area (TPSA) is 0 Å². The van der Waals surface area contributed by atoms with Crippen LogP contribution in [0.4, 0.5) is 4.11 Å². The largest absolute Gasteiger partial charge is 0.314 e. The van der Waals surface area contributed by atoms with Crippen molar-refractivity contribution in [3.8, 4) is 0 Å². The Bertz CT molecular complexity index is 95.8. The van der Waals surface area contributed by atoms with Crippen LogP contribution in [0, 0.1) is 0 Å². The lowest BCUT2D eigenvalue weighted by molar-refractivity contribution is 0.774. The van der Waals surface area contributed by atoms with Gasteiger partial charge in [0.1, 0.15) is 0 Å². The second-order valence-corrected chi connectivity index (χ2v) is 14.8. The van der Waals surface area contributed by atoms with Crippen LogP contribution < -0.4 is 0 Å². The fourth-order valence-corrected chi connectivity index (χ4v) is 9.27. The fourth-order valence-electron chi connectivity index (χ4n) is 1.03. The van der Waals surface area contributed by atoms with Crippen molar-refractivity contribution in [1.82, 2.24) is 0 Å². The summed E-state index contributed by atoms with van der Waals surface area (Å²) < 4.78 is 13.5. The molecule has 0 N–H and O–H groups in total. The molecule has 0 radical (unpaired) electrons. The van der Waals surface area contributed by atoms with E-state index in [2.05, 4.69) is 26.6 Å². The summed E-state index contributed by atoms with van der Waals surface area (Å²) >= 11 is 0. The Hall–Kier alpha value is 0.364. The standard InChI is InChI=1S/C7H19FSi2/c1-7(9(2,3)4)10(5,6)8/h7H,1-6H3/t7-/m0/s1. The van der Waals surface area contributed by atoms with E-state index >= 15 is 0 Å². The van der Waals surface area contributed by atoms with E-state index in [1.807, 2.05) is 13.1 Å². The zero-order chi connectivity index (χ0) is 8.58. The third-order valence-electron chi connectivity index (χ3n) is 2.33. The van der Waals surface area contributed by atoms with Gasteiger partial charge in [0.05, 0.1) is 0 Å². The number of rotatable bonds is 2. The Balaban J connectivity index is 4.23. The molecule has 0 aliphatic rings. The van der Waals surface area contributed by atoms with E-state index < -0.39 is 16.5 Å². The van der Waals surface area contributed by atoms with E-state index in [0.717, 1.165) is 0 Å². The van der Waals surface area contributed by atoms with Gasteiger partial charge in [-0.25, -0.2) is 0 Å². The van der Waals surface area contributed by atoms with Gasteiger partial charge in [-0.15, -0.1) is 0 Å². The molecule has 62 valence electrons. The first kappa shape index (κ1) is 10.4. The SMILES string of the molecule is C[C@@H]([Si](C)(C)C)[Si](C)(C)F. The number of halogens is 1. The van der Waals surface area contributed by atoms with Gasteiger partial charge in [-0.3, -0.25) is 0 Å². The lowest BCUT2D eigenvalue weighted by Gasteiger charge is -2.31. The minimum absolute atomic E-state index is 0.375. The van der Waals surface area contributed by atoms with E-state index in [1.165, 1.54) is 0 Å². The van der Waals surface area contributed by atoms with Crippen molar-refractivity contribution in [2.24, 2.45) is 0 Å². The van der Waals surface area contributed by atoms with Crippen LogP contribution in [0.5, 0.6) is 0 Å². The molecule has 0 saturated carbocycles. The Labute approximate surface area is 66.0 Å². The molecule has 1 atom stereocenters. The monoisotopic (exact) mass is 178 g/mol. The van der Waals surface area contributed by atoms with E-state index in [0.29, 0.717) is 5.16 Å². The highest BCUT2D eigenvalue weighted by atomic mass is 28.4. The van der Waals surface area contributed by atoms with Crippen molar-refractivity contribution < 1.29 is 4.11 Å². The van der Waals surface area contributed by atoms with E-state index in [1.54, 1.807) is 0 Å². The van der Waals surface area contributed by atoms with Crippen LogP contribution in [0.25, 0.3) is 0 Å². The molecule has 0 aliphatic heterocycles. The van der Waals surface area contributed by atoms with Crippen LogP contribution in [-0.2, 0) is 0 Å². The van der Waals surface area contributed by atoms with Gasteiger partial charge < -0.3 is 4.11 Å². The average molecular weight is 178 g/mol. The van der Waals surface area contributed by atoms with Gasteiger partial charge >= 0.3 is 0 Å². The molecule has 0 amide bonds. The van der Waals surface area contributed by atoms with Gasteiger partial charge in [0.25, 0.3) is 0 Å². The van der Waals surface area contributed by atoms with E-state index in [9.17, 15) is 4.11 Å². The smallest absolute Gasteiger partial charge is 0.241 e. The van der Waals surface area contributed by atoms with Crippen molar-refractivity contribution in [1.29, 1.82) is 0 Å². The van der Waals surface area contributed by atoms with Gasteiger partial charge in [-0.05, 0) is 18.3 Å². The Kier molecular flexibility index (Phi) is 2.88. The zero-order valence-electron chi connectivity index (χ0n) is 7.96. The number of hydrogen-bond acceptors (Lipinski definition) is 0. The van der Waals surface area contributed by atoms with Crippen LogP contribution in [0.3, 0.4) is 0 Å². The lowest BCUT2D eigenvalue weighted by atomic mass is 10.9. The molecular weight excluding hydrogens is 159 g/mol. The number of hydrogen-bond donors (Lipinski definition) is 0. The highest BCUT2D eigenvalue weighted by Crippen LogP contribution is 2.31. The summed E-state index contributed by atoms with van der Waals surface area (Å²) in [6, 6.07) is 0. The molecule has 0 aromatic carbocycles. The second-order valence-electron chi connectivity index (χ2n) is 4.65. The van der Waals surface area contributed by atoms with Crippen molar-refractivity contribution in [3.05, 3.63) is 0 Å². The molecule has 3 heteroatoms. The second kappa shape index (κ2) is 2.77. The summed E-state index contributed by atoms with van der Waals surface area (Å²) in [7, 11) is -3.54. The molecule has 0 heterocycles. The quantitative estimate of drug-likeness (QED) is 0.449. The van der Waals surface area contributed by atoms with Gasteiger partial charge in [0.2, 0.25) is 8.41 Å². The van der Waals surface area contributed by atoms with E-state index in [-0.39, 0.29) is 0 Å². The molecule has 0 aromatic heterocycles. The fraction of sp³-hybridized carbons (Fsp3) is 1.00. The molecule has 0 aliphatic carbocycles. The third kappa shape index (κ3) is 2.97. The molecule has 0 aromatic rings. The summed E-state index contributed by atoms with van der Waals surface area (Å²) in [5, 5.41) is 0.375. The van der Waals surface area contributed by atoms with Gasteiger partial charge in [0, 0.05) is 8.07 Å². The van der Waals surface area contributed by atoms with Crippen LogP contribution in [0.15, 0.2) is 0 Å². The van der Waals surface area contributed by atoms with Crippen molar-refractivity contribution in [2.45, 2.75) is 44.8 Å². The summed E-state index contributed by atoms with van der Waals surface area (Å²) in [6.07, 6.45) is 0. The predicted octanol–water partition coefficient (Wildman–Crippen LogP) is 3.43. The first-order valence-electron chi connectivity index (χ1n) is 3.84. The molecule has 0 unspecified atom stereocenters. The third-order valence-corrected chi connectivity index (χ3v) is 11.6. The van der Waals surface area contributed by atoms with Crippen LogP contribution in [0.1, 0.15) is 6.92 Å². The molecule has 0 rings (SSSR count). The summed E-state index contributed by atoms with van der Waals surface area (Å²) in [5.41, 5.74) is 0. The summed E-state index contributed by atoms with van der Waals surface area (Å²) in [5.74, 6) is 0. The summed E-state index contributed by atoms with van der Waals surface area (Å²) in [4.78, 5) is 0. The molecule has 10 heavy (non-hydrogen) atoms. The van der Waals surface area contributed by atoms with Crippen LogP contribution in [-0.4, -0.2) is 16.5 Å². The first-order valence-corrected chi connectivity index (χ1v) is 10.4. The average Bonchev–Trinajstić information content (AvgIpc) is 1.59. The van der Waals surface area contributed by atoms with Gasteiger partial charge in [0.15, 0.2) is 0 Å². The molecule has 0 spiro atoms. The minimum Gasteiger partial charge on any atom is -0.314 e. The Morgan fingerprint density at radius 1 is 1.00 bits per heavy atom.